The van der Waals surface area contributed by atoms with Crippen molar-refractivity contribution in [2.45, 2.75) is 13.0 Å². The maximum absolute atomic E-state index is 8.53. The van der Waals surface area contributed by atoms with Crippen molar-refractivity contribution in [1.29, 1.82) is 0 Å². The van der Waals surface area contributed by atoms with Gasteiger partial charge in [-0.2, -0.15) is 0 Å². The van der Waals surface area contributed by atoms with Crippen LogP contribution < -0.4 is 4.74 Å². The molecule has 1 aromatic carbocycles. The predicted molar refractivity (Wildman–Crippen MR) is 62.0 cm³/mol. The van der Waals surface area contributed by atoms with Crippen LogP contribution in [0.2, 0.25) is 5.02 Å². The average Bonchev–Trinajstić information content (AvgIpc) is 2.22. The molecule has 0 unspecified atom stereocenters. The largest absolute Gasteiger partial charge is 0.485 e. The lowest BCUT2D eigenvalue weighted by Gasteiger charge is -2.09. The lowest BCUT2D eigenvalue weighted by molar-refractivity contribution is 0.288. The summed E-state index contributed by atoms with van der Waals surface area (Å²) in [4.78, 5) is 3.98. The molecule has 0 aliphatic carbocycles. The maximum atomic E-state index is 8.53. The number of aliphatic hydroxyl groups is 1. The molecule has 0 heterocycles. The quantitative estimate of drug-likeness (QED) is 0.784. The van der Waals surface area contributed by atoms with Gasteiger partial charge in [-0.05, 0) is 31.2 Å². The van der Waals surface area contributed by atoms with Crippen LogP contribution >= 0.6 is 11.6 Å². The number of halogens is 1. The molecule has 1 aromatic rings. The monoisotopic (exact) mass is 227 g/mol. The summed E-state index contributed by atoms with van der Waals surface area (Å²) in [5.41, 5.74) is 0. The van der Waals surface area contributed by atoms with Crippen LogP contribution in [0.15, 0.2) is 29.3 Å². The highest BCUT2D eigenvalue weighted by atomic mass is 35.5. The molecule has 0 spiro atoms. The Balaban J connectivity index is 2.44. The van der Waals surface area contributed by atoms with Crippen molar-refractivity contribution in [3.8, 4) is 5.75 Å². The molecular weight excluding hydrogens is 214 g/mol. The smallest absolute Gasteiger partial charge is 0.130 e. The van der Waals surface area contributed by atoms with E-state index in [0.29, 0.717) is 11.6 Å². The van der Waals surface area contributed by atoms with E-state index in [1.54, 1.807) is 30.5 Å². The van der Waals surface area contributed by atoms with Gasteiger partial charge in [-0.15, -0.1) is 0 Å². The normalized spacial score (nSPS) is 13.0. The molecule has 0 aliphatic heterocycles. The fourth-order valence-electron chi connectivity index (χ4n) is 1.04. The first-order valence-electron chi connectivity index (χ1n) is 4.75. The van der Waals surface area contributed by atoms with Gasteiger partial charge in [0.05, 0.1) is 13.2 Å². The van der Waals surface area contributed by atoms with Crippen LogP contribution in [0.25, 0.3) is 0 Å². The van der Waals surface area contributed by atoms with Gasteiger partial charge in [0.25, 0.3) is 0 Å². The molecule has 1 rings (SSSR count). The highest BCUT2D eigenvalue weighted by molar-refractivity contribution is 6.30. The van der Waals surface area contributed by atoms with Crippen molar-refractivity contribution in [3.05, 3.63) is 29.3 Å². The number of rotatable bonds is 5. The van der Waals surface area contributed by atoms with Crippen molar-refractivity contribution in [3.63, 3.8) is 0 Å². The molecule has 0 amide bonds. The SMILES string of the molecule is C[C@@H](C=NCCO)Oc1ccc(Cl)cc1. The standard InChI is InChI=1S/C11H14ClNO2/c1-9(8-13-6-7-14)15-11-4-2-10(12)3-5-11/h2-5,8-9,14H,6-7H2,1H3/t9-/m0/s1. The van der Waals surface area contributed by atoms with Gasteiger partial charge in [0.1, 0.15) is 11.9 Å². The molecule has 1 N–H and O–H groups in total. The molecule has 82 valence electrons. The van der Waals surface area contributed by atoms with Gasteiger partial charge in [0, 0.05) is 11.2 Å². The Labute approximate surface area is 94.4 Å². The zero-order chi connectivity index (χ0) is 11.1. The van der Waals surface area contributed by atoms with E-state index in [-0.39, 0.29) is 12.7 Å². The third-order valence-electron chi connectivity index (χ3n) is 1.68. The summed E-state index contributed by atoms with van der Waals surface area (Å²) >= 11 is 5.74. The minimum Gasteiger partial charge on any atom is -0.485 e. The number of benzene rings is 1. The van der Waals surface area contributed by atoms with Gasteiger partial charge in [0.15, 0.2) is 0 Å². The van der Waals surface area contributed by atoms with Gasteiger partial charge < -0.3 is 9.84 Å². The molecule has 0 saturated heterocycles. The fraction of sp³-hybridized carbons (Fsp3) is 0.364. The topological polar surface area (TPSA) is 41.8 Å². The van der Waals surface area contributed by atoms with E-state index in [1.807, 2.05) is 6.92 Å². The van der Waals surface area contributed by atoms with E-state index >= 15 is 0 Å². The third-order valence-corrected chi connectivity index (χ3v) is 1.93. The van der Waals surface area contributed by atoms with Crippen LogP contribution in [-0.2, 0) is 0 Å². The van der Waals surface area contributed by atoms with Crippen LogP contribution in [-0.4, -0.2) is 30.6 Å². The van der Waals surface area contributed by atoms with E-state index in [9.17, 15) is 0 Å². The summed E-state index contributed by atoms with van der Waals surface area (Å²) in [7, 11) is 0. The van der Waals surface area contributed by atoms with Crippen molar-refractivity contribution in [2.75, 3.05) is 13.2 Å². The van der Waals surface area contributed by atoms with E-state index in [0.717, 1.165) is 5.75 Å². The maximum Gasteiger partial charge on any atom is 0.130 e. The highest BCUT2D eigenvalue weighted by Crippen LogP contribution is 2.16. The number of aliphatic imine (C=N–C) groups is 1. The molecule has 3 nitrogen and oxygen atoms in total. The third kappa shape index (κ3) is 4.81. The van der Waals surface area contributed by atoms with Crippen molar-refractivity contribution < 1.29 is 9.84 Å². The first-order chi connectivity index (χ1) is 7.22. The second-order valence-corrected chi connectivity index (χ2v) is 3.49. The zero-order valence-corrected chi connectivity index (χ0v) is 9.31. The minimum atomic E-state index is -0.113. The Bertz CT molecular complexity index is 311. The fourth-order valence-corrected chi connectivity index (χ4v) is 1.16. The molecule has 0 saturated carbocycles. The number of nitrogens with zero attached hydrogens (tertiary/aromatic N) is 1. The number of hydrogen-bond acceptors (Lipinski definition) is 3. The molecule has 0 radical (unpaired) electrons. The first kappa shape index (κ1) is 12.0. The van der Waals surface area contributed by atoms with Crippen molar-refractivity contribution in [1.82, 2.24) is 0 Å². The molecule has 1 atom stereocenters. The Kier molecular flexibility index (Phi) is 5.15. The first-order valence-corrected chi connectivity index (χ1v) is 5.13. The minimum absolute atomic E-state index is 0.0597. The van der Waals surface area contributed by atoms with Gasteiger partial charge in [-0.25, -0.2) is 0 Å². The van der Waals surface area contributed by atoms with E-state index in [2.05, 4.69) is 4.99 Å². The molecule has 0 aromatic heterocycles. The molecule has 0 fully saturated rings. The van der Waals surface area contributed by atoms with Gasteiger partial charge in [-0.3, -0.25) is 4.99 Å². The van der Waals surface area contributed by atoms with Gasteiger partial charge >= 0.3 is 0 Å². The Hall–Kier alpha value is -1.06. The van der Waals surface area contributed by atoms with Crippen LogP contribution in [0.3, 0.4) is 0 Å². The molecule has 15 heavy (non-hydrogen) atoms. The summed E-state index contributed by atoms with van der Waals surface area (Å²) in [6, 6.07) is 7.15. The number of hydrogen-bond donors (Lipinski definition) is 1. The second-order valence-electron chi connectivity index (χ2n) is 3.06. The summed E-state index contributed by atoms with van der Waals surface area (Å²) in [5.74, 6) is 0.752. The molecular formula is C11H14ClNO2. The molecule has 0 aliphatic rings. The van der Waals surface area contributed by atoms with E-state index in [4.69, 9.17) is 21.4 Å². The Morgan fingerprint density at radius 1 is 1.47 bits per heavy atom. The average molecular weight is 228 g/mol. The van der Waals surface area contributed by atoms with Crippen molar-refractivity contribution in [2.24, 2.45) is 4.99 Å². The van der Waals surface area contributed by atoms with Crippen LogP contribution in [0.1, 0.15) is 6.92 Å². The van der Waals surface area contributed by atoms with Crippen LogP contribution in [0, 0.1) is 0 Å². The second kappa shape index (κ2) is 6.43. The zero-order valence-electron chi connectivity index (χ0n) is 8.56. The van der Waals surface area contributed by atoms with Crippen molar-refractivity contribution >= 4 is 17.8 Å². The summed E-state index contributed by atoms with van der Waals surface area (Å²) < 4.78 is 5.53. The highest BCUT2D eigenvalue weighted by Gasteiger charge is 1.99. The van der Waals surface area contributed by atoms with Crippen LogP contribution in [0.5, 0.6) is 5.75 Å². The molecule has 4 heteroatoms. The Morgan fingerprint density at radius 2 is 2.13 bits per heavy atom. The number of aliphatic hydroxyl groups excluding tert-OH is 1. The number of ether oxygens (including phenoxy) is 1. The predicted octanol–water partition coefficient (Wildman–Crippen LogP) is 2.17. The van der Waals surface area contributed by atoms with E-state index in [1.165, 1.54) is 0 Å². The summed E-state index contributed by atoms with van der Waals surface area (Å²) in [5, 5.41) is 9.21. The summed E-state index contributed by atoms with van der Waals surface area (Å²) in [6.45, 7) is 2.36. The summed E-state index contributed by atoms with van der Waals surface area (Å²) in [6.07, 6.45) is 1.56. The lowest BCUT2D eigenvalue weighted by Crippen LogP contribution is -2.13. The molecule has 0 bridgehead atoms. The van der Waals surface area contributed by atoms with Crippen LogP contribution in [0.4, 0.5) is 0 Å². The van der Waals surface area contributed by atoms with Gasteiger partial charge in [0.2, 0.25) is 0 Å². The van der Waals surface area contributed by atoms with E-state index < -0.39 is 0 Å². The Morgan fingerprint density at radius 3 is 2.73 bits per heavy atom. The van der Waals surface area contributed by atoms with Gasteiger partial charge in [-0.1, -0.05) is 11.6 Å². The lowest BCUT2D eigenvalue weighted by atomic mass is 10.3.